The Morgan fingerprint density at radius 2 is 1.65 bits per heavy atom. The maximum Gasteiger partial charge on any atom is 0.264 e. The van der Waals surface area contributed by atoms with Crippen LogP contribution in [-0.4, -0.2) is 34.7 Å². The third-order valence-corrected chi connectivity index (χ3v) is 5.04. The van der Waals surface area contributed by atoms with Crippen molar-refractivity contribution in [1.82, 2.24) is 0 Å². The number of sulfonamides is 1. The zero-order valence-electron chi connectivity index (χ0n) is 12.4. The minimum Gasteiger partial charge on any atom is -0.378 e. The summed E-state index contributed by atoms with van der Waals surface area (Å²) in [5, 5.41) is 0. The van der Waals surface area contributed by atoms with Crippen LogP contribution in [0.2, 0.25) is 0 Å². The van der Waals surface area contributed by atoms with Crippen LogP contribution in [0.15, 0.2) is 53.4 Å². The van der Waals surface area contributed by atoms with Gasteiger partial charge in [-0.25, -0.2) is 12.8 Å². The normalized spacial score (nSPS) is 15.4. The van der Waals surface area contributed by atoms with Crippen molar-refractivity contribution in [1.29, 1.82) is 0 Å². The molecule has 0 amide bonds. The fourth-order valence-corrected chi connectivity index (χ4v) is 3.57. The number of halogens is 1. The van der Waals surface area contributed by atoms with Gasteiger partial charge < -0.3 is 9.64 Å². The zero-order valence-corrected chi connectivity index (χ0v) is 13.2. The summed E-state index contributed by atoms with van der Waals surface area (Å²) < 4.78 is 45.8. The molecule has 0 spiro atoms. The van der Waals surface area contributed by atoms with E-state index in [9.17, 15) is 12.8 Å². The number of nitrogens with zero attached hydrogens (tertiary/aromatic N) is 1. The highest BCUT2D eigenvalue weighted by molar-refractivity contribution is 7.92. The van der Waals surface area contributed by atoms with Crippen LogP contribution >= 0.6 is 0 Å². The monoisotopic (exact) mass is 336 g/mol. The van der Waals surface area contributed by atoms with E-state index in [0.717, 1.165) is 24.8 Å². The average molecular weight is 336 g/mol. The smallest absolute Gasteiger partial charge is 0.264 e. The van der Waals surface area contributed by atoms with Crippen LogP contribution in [-0.2, 0) is 14.8 Å². The molecule has 0 unspecified atom stereocenters. The van der Waals surface area contributed by atoms with E-state index in [0.29, 0.717) is 18.9 Å². The molecule has 1 N–H and O–H groups in total. The van der Waals surface area contributed by atoms with E-state index < -0.39 is 15.8 Å². The second-order valence-corrected chi connectivity index (χ2v) is 6.83. The summed E-state index contributed by atoms with van der Waals surface area (Å²) in [6.45, 7) is 2.98. The standard InChI is InChI=1S/C16H17FN2O3S/c17-15-3-1-2-4-16(15)23(20,21)18-13-5-7-14(8-6-13)19-9-11-22-12-10-19/h1-8,18H,9-12H2. The molecule has 2 aromatic rings. The zero-order chi connectivity index (χ0) is 16.3. The molecule has 0 radical (unpaired) electrons. The van der Waals surface area contributed by atoms with Gasteiger partial charge in [0.1, 0.15) is 10.7 Å². The van der Waals surface area contributed by atoms with Gasteiger partial charge in [0.25, 0.3) is 10.0 Å². The largest absolute Gasteiger partial charge is 0.378 e. The Hall–Kier alpha value is -2.12. The second-order valence-electron chi connectivity index (χ2n) is 5.18. The quantitative estimate of drug-likeness (QED) is 0.932. The van der Waals surface area contributed by atoms with Gasteiger partial charge in [0.05, 0.1) is 13.2 Å². The van der Waals surface area contributed by atoms with Gasteiger partial charge in [-0.3, -0.25) is 4.72 Å². The number of benzene rings is 2. The predicted molar refractivity (Wildman–Crippen MR) is 86.7 cm³/mol. The first-order valence-electron chi connectivity index (χ1n) is 7.26. The molecule has 1 fully saturated rings. The highest BCUT2D eigenvalue weighted by atomic mass is 32.2. The van der Waals surface area contributed by atoms with Crippen LogP contribution < -0.4 is 9.62 Å². The first kappa shape index (κ1) is 15.8. The van der Waals surface area contributed by atoms with Crippen molar-refractivity contribution in [2.75, 3.05) is 35.9 Å². The molecule has 1 saturated heterocycles. The summed E-state index contributed by atoms with van der Waals surface area (Å²) in [4.78, 5) is 1.80. The van der Waals surface area contributed by atoms with E-state index in [-0.39, 0.29) is 4.90 Å². The molecule has 122 valence electrons. The van der Waals surface area contributed by atoms with Crippen LogP contribution in [0, 0.1) is 5.82 Å². The van der Waals surface area contributed by atoms with Crippen LogP contribution in [0.1, 0.15) is 0 Å². The maximum atomic E-state index is 13.7. The second kappa shape index (κ2) is 6.55. The van der Waals surface area contributed by atoms with Gasteiger partial charge in [-0.15, -0.1) is 0 Å². The summed E-state index contributed by atoms with van der Waals surface area (Å²) in [6.07, 6.45) is 0. The van der Waals surface area contributed by atoms with Crippen LogP contribution in [0.3, 0.4) is 0 Å². The van der Waals surface area contributed by atoms with Gasteiger partial charge in [0.2, 0.25) is 0 Å². The SMILES string of the molecule is O=S(=O)(Nc1ccc(N2CCOCC2)cc1)c1ccccc1F. The minimum atomic E-state index is -3.94. The number of anilines is 2. The molecule has 1 aliphatic rings. The van der Waals surface area contributed by atoms with Gasteiger partial charge in [-0.05, 0) is 36.4 Å². The molecule has 1 aliphatic heterocycles. The molecule has 7 heteroatoms. The van der Waals surface area contributed by atoms with Crippen molar-refractivity contribution in [3.63, 3.8) is 0 Å². The number of morpholine rings is 1. The number of hydrogen-bond donors (Lipinski definition) is 1. The van der Waals surface area contributed by atoms with Crippen LogP contribution in [0.5, 0.6) is 0 Å². The third-order valence-electron chi connectivity index (χ3n) is 3.62. The van der Waals surface area contributed by atoms with Gasteiger partial charge in [-0.1, -0.05) is 12.1 Å². The van der Waals surface area contributed by atoms with Gasteiger partial charge in [0.15, 0.2) is 0 Å². The molecule has 0 saturated carbocycles. The van der Waals surface area contributed by atoms with E-state index in [2.05, 4.69) is 9.62 Å². The highest BCUT2D eigenvalue weighted by Crippen LogP contribution is 2.22. The highest BCUT2D eigenvalue weighted by Gasteiger charge is 2.18. The van der Waals surface area contributed by atoms with Crippen molar-refractivity contribution in [3.8, 4) is 0 Å². The summed E-state index contributed by atoms with van der Waals surface area (Å²) in [6, 6.07) is 12.3. The van der Waals surface area contributed by atoms with Crippen LogP contribution in [0.25, 0.3) is 0 Å². The van der Waals surface area contributed by atoms with Crippen LogP contribution in [0.4, 0.5) is 15.8 Å². The van der Waals surface area contributed by atoms with Gasteiger partial charge in [-0.2, -0.15) is 0 Å². The first-order valence-corrected chi connectivity index (χ1v) is 8.75. The topological polar surface area (TPSA) is 58.6 Å². The molecule has 2 aromatic carbocycles. The van der Waals surface area contributed by atoms with E-state index in [1.165, 1.54) is 18.2 Å². The lowest BCUT2D eigenvalue weighted by atomic mass is 10.2. The molecular formula is C16H17FN2O3S. The number of hydrogen-bond acceptors (Lipinski definition) is 4. The molecule has 1 heterocycles. The maximum absolute atomic E-state index is 13.7. The molecule has 23 heavy (non-hydrogen) atoms. The van der Waals surface area contributed by atoms with Crippen molar-refractivity contribution in [3.05, 3.63) is 54.3 Å². The lowest BCUT2D eigenvalue weighted by Gasteiger charge is -2.28. The number of nitrogens with one attached hydrogen (secondary N) is 1. The lowest BCUT2D eigenvalue weighted by molar-refractivity contribution is 0.122. The van der Waals surface area contributed by atoms with E-state index in [1.54, 1.807) is 12.1 Å². The molecule has 0 aliphatic carbocycles. The van der Waals surface area contributed by atoms with Crippen molar-refractivity contribution in [2.24, 2.45) is 0 Å². The molecular weight excluding hydrogens is 319 g/mol. The Bertz CT molecular complexity index is 772. The Morgan fingerprint density at radius 3 is 2.30 bits per heavy atom. The fourth-order valence-electron chi connectivity index (χ4n) is 2.43. The van der Waals surface area contributed by atoms with E-state index in [4.69, 9.17) is 4.74 Å². The Balaban J connectivity index is 1.76. The van der Waals surface area contributed by atoms with Crippen molar-refractivity contribution in [2.45, 2.75) is 4.90 Å². The van der Waals surface area contributed by atoms with Crippen molar-refractivity contribution < 1.29 is 17.5 Å². The van der Waals surface area contributed by atoms with Gasteiger partial charge in [0, 0.05) is 24.5 Å². The van der Waals surface area contributed by atoms with Gasteiger partial charge >= 0.3 is 0 Å². The first-order chi connectivity index (χ1) is 11.1. The fraction of sp³-hybridized carbons (Fsp3) is 0.250. The van der Waals surface area contributed by atoms with Crippen molar-refractivity contribution >= 4 is 21.4 Å². The summed E-state index contributed by atoms with van der Waals surface area (Å²) >= 11 is 0. The minimum absolute atomic E-state index is 0.364. The molecule has 3 rings (SSSR count). The predicted octanol–water partition coefficient (Wildman–Crippen LogP) is 2.46. The molecule has 0 bridgehead atoms. The van der Waals surface area contributed by atoms with E-state index >= 15 is 0 Å². The summed E-state index contributed by atoms with van der Waals surface area (Å²) in [5.74, 6) is -0.773. The third kappa shape index (κ3) is 3.62. The molecule has 0 aromatic heterocycles. The number of rotatable bonds is 4. The van der Waals surface area contributed by atoms with E-state index in [1.807, 2.05) is 12.1 Å². The Morgan fingerprint density at radius 1 is 1.00 bits per heavy atom. The molecule has 5 nitrogen and oxygen atoms in total. The Labute approximate surface area is 134 Å². The molecule has 0 atom stereocenters. The number of ether oxygens (including phenoxy) is 1. The summed E-state index contributed by atoms with van der Waals surface area (Å²) in [5.41, 5.74) is 1.40. The Kier molecular flexibility index (Phi) is 4.49. The average Bonchev–Trinajstić information content (AvgIpc) is 2.56. The summed E-state index contributed by atoms with van der Waals surface area (Å²) in [7, 11) is -3.94. The lowest BCUT2D eigenvalue weighted by Crippen LogP contribution is -2.36.